The first-order valence-corrected chi connectivity index (χ1v) is 4.64. The Labute approximate surface area is 91.0 Å². The van der Waals surface area contributed by atoms with Crippen LogP contribution in [0.4, 0.5) is 0 Å². The molecule has 2 aromatic rings. The highest BCUT2D eigenvalue weighted by atomic mass is 16.4. The van der Waals surface area contributed by atoms with E-state index in [1.807, 2.05) is 6.92 Å². The summed E-state index contributed by atoms with van der Waals surface area (Å²) < 4.78 is 0. The summed E-state index contributed by atoms with van der Waals surface area (Å²) in [4.78, 5) is 7.03. The van der Waals surface area contributed by atoms with Crippen molar-refractivity contribution in [3.63, 3.8) is 0 Å². The average molecular weight is 217 g/mol. The highest BCUT2D eigenvalue weighted by Gasteiger charge is 2.06. The summed E-state index contributed by atoms with van der Waals surface area (Å²) in [6.45, 7) is 1.86. The van der Waals surface area contributed by atoms with Gasteiger partial charge in [-0.2, -0.15) is 0 Å². The predicted molar refractivity (Wildman–Crippen MR) is 59.2 cm³/mol. The van der Waals surface area contributed by atoms with Crippen molar-refractivity contribution in [2.75, 3.05) is 0 Å². The third-order valence-corrected chi connectivity index (χ3v) is 2.38. The maximum absolute atomic E-state index is 8.82. The van der Waals surface area contributed by atoms with E-state index in [1.165, 1.54) is 0 Å². The van der Waals surface area contributed by atoms with Gasteiger partial charge in [0.1, 0.15) is 5.84 Å². The van der Waals surface area contributed by atoms with Crippen molar-refractivity contribution >= 4 is 16.7 Å². The van der Waals surface area contributed by atoms with Crippen LogP contribution < -0.4 is 11.2 Å². The van der Waals surface area contributed by atoms with Gasteiger partial charge in [-0.15, -0.1) is 0 Å². The van der Waals surface area contributed by atoms with E-state index >= 15 is 0 Å². The standard InChI is InChI=1S/C10H11N5O/c1-5-6-4-7(9(11)12)10(15-16)14-8(6)2-3-13-5/h2-4,16H,1H3,(H3,11,12)(H,14,15). The maximum atomic E-state index is 8.82. The van der Waals surface area contributed by atoms with Crippen LogP contribution in [-0.2, 0) is 0 Å². The molecular weight excluding hydrogens is 206 g/mol. The number of aryl methyl sites for hydroxylation is 1. The van der Waals surface area contributed by atoms with Crippen LogP contribution in [-0.4, -0.2) is 21.0 Å². The zero-order chi connectivity index (χ0) is 11.7. The van der Waals surface area contributed by atoms with E-state index in [0.29, 0.717) is 5.56 Å². The largest absolute Gasteiger partial charge is 0.409 e. The van der Waals surface area contributed by atoms with Crippen LogP contribution in [0.5, 0.6) is 0 Å². The fourth-order valence-electron chi connectivity index (χ4n) is 1.56. The maximum Gasteiger partial charge on any atom is 0.180 e. The number of nitrogens with zero attached hydrogens (tertiary/aromatic N) is 2. The minimum atomic E-state index is -0.158. The highest BCUT2D eigenvalue weighted by Crippen LogP contribution is 2.12. The highest BCUT2D eigenvalue weighted by molar-refractivity contribution is 5.97. The molecule has 6 heteroatoms. The summed E-state index contributed by atoms with van der Waals surface area (Å²) in [6.07, 6.45) is 1.66. The van der Waals surface area contributed by atoms with Crippen molar-refractivity contribution in [3.05, 3.63) is 35.1 Å². The zero-order valence-electron chi connectivity index (χ0n) is 8.65. The van der Waals surface area contributed by atoms with Crippen LogP contribution in [0.25, 0.3) is 10.9 Å². The lowest BCUT2D eigenvalue weighted by Gasteiger charge is -2.04. The van der Waals surface area contributed by atoms with Crippen LogP contribution in [0, 0.1) is 12.3 Å². The molecule has 2 heterocycles. The number of pyridine rings is 2. The Kier molecular flexibility index (Phi) is 2.32. The summed E-state index contributed by atoms with van der Waals surface area (Å²) in [6, 6.07) is 3.45. The second kappa shape index (κ2) is 3.65. The lowest BCUT2D eigenvalue weighted by atomic mass is 10.1. The number of rotatable bonds is 1. The van der Waals surface area contributed by atoms with Gasteiger partial charge in [-0.3, -0.25) is 10.4 Å². The lowest BCUT2D eigenvalue weighted by Crippen LogP contribution is -2.24. The lowest BCUT2D eigenvalue weighted by molar-refractivity contribution is 0.298. The van der Waals surface area contributed by atoms with E-state index in [0.717, 1.165) is 16.6 Å². The molecule has 6 nitrogen and oxygen atoms in total. The smallest absolute Gasteiger partial charge is 0.180 e. The Morgan fingerprint density at radius 3 is 3.00 bits per heavy atom. The molecule has 0 aromatic carbocycles. The third kappa shape index (κ3) is 1.50. The van der Waals surface area contributed by atoms with Crippen LogP contribution in [0.3, 0.4) is 0 Å². The summed E-state index contributed by atoms with van der Waals surface area (Å²) in [5.74, 6) is -0.158. The summed E-state index contributed by atoms with van der Waals surface area (Å²) >= 11 is 0. The van der Waals surface area contributed by atoms with Crippen molar-refractivity contribution in [2.45, 2.75) is 6.92 Å². The van der Waals surface area contributed by atoms with Gasteiger partial charge in [-0.05, 0) is 19.1 Å². The average Bonchev–Trinajstić information content (AvgIpc) is 2.27. The molecule has 2 rings (SSSR count). The minimum Gasteiger partial charge on any atom is -0.409 e. The summed E-state index contributed by atoms with van der Waals surface area (Å²) in [5.41, 5.74) is 7.53. The van der Waals surface area contributed by atoms with E-state index in [4.69, 9.17) is 16.4 Å². The number of H-pyrrole nitrogens is 1. The minimum absolute atomic E-state index is 0.158. The van der Waals surface area contributed by atoms with Gasteiger partial charge < -0.3 is 15.9 Å². The molecular formula is C10H11N5O. The molecule has 5 N–H and O–H groups in total. The number of nitrogens with two attached hydrogens (primary N) is 1. The molecule has 2 aromatic heterocycles. The Morgan fingerprint density at radius 2 is 2.38 bits per heavy atom. The van der Waals surface area contributed by atoms with Gasteiger partial charge in [-0.25, -0.2) is 0 Å². The Hall–Kier alpha value is -2.37. The molecule has 0 radical (unpaired) electrons. The topological polar surface area (TPSA) is 111 Å². The number of fused-ring (bicyclic) bond motifs is 1. The number of nitrogen functional groups attached to an aromatic ring is 1. The van der Waals surface area contributed by atoms with E-state index in [-0.39, 0.29) is 11.3 Å². The van der Waals surface area contributed by atoms with Gasteiger partial charge in [-0.1, -0.05) is 5.16 Å². The second-order valence-electron chi connectivity index (χ2n) is 3.40. The van der Waals surface area contributed by atoms with Gasteiger partial charge in [0.25, 0.3) is 0 Å². The first-order chi connectivity index (χ1) is 7.63. The zero-order valence-corrected chi connectivity index (χ0v) is 8.65. The number of aromatic amines is 1. The number of hydrogen-bond donors (Lipinski definition) is 4. The van der Waals surface area contributed by atoms with Crippen molar-refractivity contribution in [1.82, 2.24) is 9.97 Å². The van der Waals surface area contributed by atoms with Gasteiger partial charge in [0.15, 0.2) is 5.49 Å². The Balaban J connectivity index is 2.93. The number of amidine groups is 1. The normalized spacial score (nSPS) is 11.9. The molecule has 0 fully saturated rings. The van der Waals surface area contributed by atoms with Crippen LogP contribution in [0.15, 0.2) is 23.5 Å². The van der Waals surface area contributed by atoms with Crippen molar-refractivity contribution in [3.8, 4) is 0 Å². The van der Waals surface area contributed by atoms with E-state index in [1.54, 1.807) is 18.3 Å². The van der Waals surface area contributed by atoms with E-state index < -0.39 is 0 Å². The molecule has 0 amide bonds. The molecule has 0 spiro atoms. The number of hydrogen-bond acceptors (Lipinski definition) is 4. The Morgan fingerprint density at radius 1 is 1.62 bits per heavy atom. The van der Waals surface area contributed by atoms with Crippen molar-refractivity contribution in [2.24, 2.45) is 10.9 Å². The molecule has 16 heavy (non-hydrogen) atoms. The van der Waals surface area contributed by atoms with Crippen LogP contribution >= 0.6 is 0 Å². The van der Waals surface area contributed by atoms with E-state index in [9.17, 15) is 0 Å². The summed E-state index contributed by atoms with van der Waals surface area (Å²) in [5, 5.41) is 20.1. The van der Waals surface area contributed by atoms with Crippen molar-refractivity contribution in [1.29, 1.82) is 5.41 Å². The van der Waals surface area contributed by atoms with Crippen LogP contribution in [0.1, 0.15) is 11.3 Å². The molecule has 0 aliphatic heterocycles. The number of nitrogens with one attached hydrogen (secondary N) is 2. The van der Waals surface area contributed by atoms with Gasteiger partial charge in [0.05, 0.1) is 11.1 Å². The number of aromatic nitrogens is 2. The van der Waals surface area contributed by atoms with Gasteiger partial charge >= 0.3 is 0 Å². The fourth-order valence-corrected chi connectivity index (χ4v) is 1.56. The molecule has 0 aliphatic carbocycles. The SMILES string of the molecule is Cc1nccc2[nH]c(=NO)c(C(=N)N)cc12. The van der Waals surface area contributed by atoms with Gasteiger partial charge in [0.2, 0.25) is 0 Å². The first-order valence-electron chi connectivity index (χ1n) is 4.64. The fraction of sp³-hybridized carbons (Fsp3) is 0.100. The molecule has 0 bridgehead atoms. The van der Waals surface area contributed by atoms with Crippen LogP contribution in [0.2, 0.25) is 0 Å². The first kappa shape index (κ1) is 10.2. The van der Waals surface area contributed by atoms with E-state index in [2.05, 4.69) is 15.1 Å². The molecule has 0 unspecified atom stereocenters. The predicted octanol–water partition coefficient (Wildman–Crippen LogP) is 0.445. The monoisotopic (exact) mass is 217 g/mol. The molecule has 0 aliphatic rings. The van der Waals surface area contributed by atoms with Crippen molar-refractivity contribution < 1.29 is 5.21 Å². The summed E-state index contributed by atoms with van der Waals surface area (Å²) in [7, 11) is 0. The molecule has 0 saturated carbocycles. The quantitative estimate of drug-likeness (QED) is 0.241. The Bertz CT molecular complexity index is 629. The second-order valence-corrected chi connectivity index (χ2v) is 3.40. The molecule has 82 valence electrons. The molecule has 0 saturated heterocycles. The van der Waals surface area contributed by atoms with Gasteiger partial charge in [0, 0.05) is 17.3 Å². The molecule has 0 atom stereocenters. The third-order valence-electron chi connectivity index (χ3n) is 2.38.